The van der Waals surface area contributed by atoms with E-state index in [1.165, 1.54) is 11.8 Å². The van der Waals surface area contributed by atoms with Crippen LogP contribution in [0.1, 0.15) is 43.5 Å². The number of methoxy groups -OCH3 is 1. The normalized spacial score (nSPS) is 17.4. The zero-order valence-corrected chi connectivity index (χ0v) is 24.1. The van der Waals surface area contributed by atoms with Crippen LogP contribution in [0.2, 0.25) is 0 Å². The van der Waals surface area contributed by atoms with Gasteiger partial charge in [0.05, 0.1) is 30.2 Å². The van der Waals surface area contributed by atoms with Crippen molar-refractivity contribution in [3.05, 3.63) is 54.1 Å². The molecular formula is C29H35N7O3S. The van der Waals surface area contributed by atoms with Crippen LogP contribution in [0.4, 0.5) is 17.3 Å². The average molecular weight is 562 g/mol. The highest BCUT2D eigenvalue weighted by atomic mass is 32.2. The second-order valence-corrected chi connectivity index (χ2v) is 13.5. The van der Waals surface area contributed by atoms with Crippen molar-refractivity contribution in [3.8, 4) is 11.4 Å². The third kappa shape index (κ3) is 5.15. The lowest BCUT2D eigenvalue weighted by molar-refractivity contribution is 0.153. The third-order valence-electron chi connectivity index (χ3n) is 7.84. The van der Waals surface area contributed by atoms with Crippen LogP contribution in [0.25, 0.3) is 22.2 Å². The van der Waals surface area contributed by atoms with Crippen molar-refractivity contribution >= 4 is 37.9 Å². The Labute approximate surface area is 234 Å². The van der Waals surface area contributed by atoms with E-state index in [-0.39, 0.29) is 17.7 Å². The number of fused-ring (bicyclic) bond motifs is 2. The van der Waals surface area contributed by atoms with Crippen molar-refractivity contribution in [2.24, 2.45) is 5.92 Å². The monoisotopic (exact) mass is 561 g/mol. The SMILES string of the molecule is COCC1CCc2c(-c3nccc(Nc4cc5c(C(C)C)ccc(N6CC(CS(C)(=O)=O)C6)c5cn4)n3)cnn21. The summed E-state index contributed by atoms with van der Waals surface area (Å²) in [7, 11) is -1.26. The number of anilines is 3. The fraction of sp³-hybridized carbons (Fsp3) is 0.448. The molecule has 3 aromatic heterocycles. The first-order valence-electron chi connectivity index (χ1n) is 13.7. The maximum Gasteiger partial charge on any atom is 0.164 e. The molecule has 210 valence electrons. The van der Waals surface area contributed by atoms with Gasteiger partial charge in [-0.25, -0.2) is 23.4 Å². The standard InChI is InChI=1S/C29H35N7O3S/c1-18(2)21-6-8-25(35-14-19(15-35)17-40(4,37)38)23-12-31-28(11-22(21)23)33-27-9-10-30-29(34-27)24-13-32-36-20(16-39-3)5-7-26(24)36/h6,8-13,18-20H,5,7,14-17H2,1-4H3,(H,30,31,33,34). The molecule has 10 nitrogen and oxygen atoms in total. The molecule has 2 aliphatic rings. The average Bonchev–Trinajstić information content (AvgIpc) is 3.48. The molecule has 5 heterocycles. The number of hydrogen-bond acceptors (Lipinski definition) is 9. The number of pyridine rings is 1. The highest BCUT2D eigenvalue weighted by molar-refractivity contribution is 7.90. The molecule has 11 heteroatoms. The zero-order valence-electron chi connectivity index (χ0n) is 23.3. The van der Waals surface area contributed by atoms with Gasteiger partial charge in [-0.3, -0.25) is 4.68 Å². The van der Waals surface area contributed by atoms with Gasteiger partial charge in [-0.15, -0.1) is 0 Å². The zero-order chi connectivity index (χ0) is 28.0. The Balaban J connectivity index is 1.27. The van der Waals surface area contributed by atoms with E-state index in [0.717, 1.165) is 53.6 Å². The van der Waals surface area contributed by atoms with Crippen molar-refractivity contribution in [2.45, 2.75) is 38.6 Å². The Morgan fingerprint density at radius 3 is 2.67 bits per heavy atom. The number of ether oxygens (including phenoxy) is 1. The molecule has 1 N–H and O–H groups in total. The van der Waals surface area contributed by atoms with Crippen LogP contribution in [-0.2, 0) is 21.0 Å². The van der Waals surface area contributed by atoms with E-state index in [1.54, 1.807) is 13.3 Å². The Bertz CT molecular complexity index is 1660. The summed E-state index contributed by atoms with van der Waals surface area (Å²) in [4.78, 5) is 16.3. The molecule has 1 unspecified atom stereocenters. The van der Waals surface area contributed by atoms with E-state index < -0.39 is 9.84 Å². The van der Waals surface area contributed by atoms with Crippen molar-refractivity contribution in [1.29, 1.82) is 0 Å². The summed E-state index contributed by atoms with van der Waals surface area (Å²) in [5.74, 6) is 2.73. The fourth-order valence-electron chi connectivity index (χ4n) is 5.99. The van der Waals surface area contributed by atoms with Crippen LogP contribution in [0.3, 0.4) is 0 Å². The van der Waals surface area contributed by atoms with Crippen LogP contribution >= 0.6 is 0 Å². The Morgan fingerprint density at radius 1 is 1.10 bits per heavy atom. The summed E-state index contributed by atoms with van der Waals surface area (Å²) in [5.41, 5.74) is 4.42. The molecule has 2 aliphatic heterocycles. The smallest absolute Gasteiger partial charge is 0.164 e. The molecule has 0 aliphatic carbocycles. The Kier molecular flexibility index (Phi) is 6.95. The maximum atomic E-state index is 11.7. The number of sulfone groups is 1. The first-order chi connectivity index (χ1) is 19.2. The summed E-state index contributed by atoms with van der Waals surface area (Å²) in [6, 6.07) is 8.49. The molecule has 4 aromatic rings. The van der Waals surface area contributed by atoms with E-state index in [9.17, 15) is 8.42 Å². The van der Waals surface area contributed by atoms with E-state index in [2.05, 4.69) is 52.3 Å². The number of nitrogens with one attached hydrogen (secondary N) is 1. The van der Waals surface area contributed by atoms with E-state index >= 15 is 0 Å². The lowest BCUT2D eigenvalue weighted by atomic mass is 9.93. The van der Waals surface area contributed by atoms with Crippen molar-refractivity contribution in [2.75, 3.05) is 49.0 Å². The quantitative estimate of drug-likeness (QED) is 0.318. The lowest BCUT2D eigenvalue weighted by Gasteiger charge is -2.41. The highest BCUT2D eigenvalue weighted by Gasteiger charge is 2.31. The second kappa shape index (κ2) is 10.4. The molecule has 1 saturated heterocycles. The third-order valence-corrected chi connectivity index (χ3v) is 8.92. The van der Waals surface area contributed by atoms with Crippen LogP contribution in [0, 0.1) is 5.92 Å². The topological polar surface area (TPSA) is 115 Å². The van der Waals surface area contributed by atoms with Gasteiger partial charge in [0.25, 0.3) is 0 Å². The molecular weight excluding hydrogens is 526 g/mol. The summed E-state index contributed by atoms with van der Waals surface area (Å²) < 4.78 is 30.8. The van der Waals surface area contributed by atoms with Crippen LogP contribution in [0.15, 0.2) is 42.9 Å². The number of aromatic nitrogens is 5. The molecule has 1 atom stereocenters. The Hall–Kier alpha value is -3.57. The van der Waals surface area contributed by atoms with Gasteiger partial charge >= 0.3 is 0 Å². The van der Waals surface area contributed by atoms with Gasteiger partial charge in [0.1, 0.15) is 21.5 Å². The summed E-state index contributed by atoms with van der Waals surface area (Å²) in [5, 5.41) is 10.2. The molecule has 0 radical (unpaired) electrons. The minimum atomic E-state index is -2.98. The predicted molar refractivity (Wildman–Crippen MR) is 157 cm³/mol. The molecule has 40 heavy (non-hydrogen) atoms. The summed E-state index contributed by atoms with van der Waals surface area (Å²) in [6.45, 7) is 6.48. The summed E-state index contributed by atoms with van der Waals surface area (Å²) >= 11 is 0. The lowest BCUT2D eigenvalue weighted by Crippen LogP contribution is -2.49. The molecule has 1 aromatic carbocycles. The van der Waals surface area contributed by atoms with E-state index in [4.69, 9.17) is 14.7 Å². The molecule has 6 rings (SSSR count). The number of nitrogens with zero attached hydrogens (tertiary/aromatic N) is 6. The van der Waals surface area contributed by atoms with Crippen LogP contribution in [-0.4, -0.2) is 72.0 Å². The first kappa shape index (κ1) is 26.6. The minimum Gasteiger partial charge on any atom is -0.382 e. The van der Waals surface area contributed by atoms with Crippen molar-refractivity contribution in [3.63, 3.8) is 0 Å². The largest absolute Gasteiger partial charge is 0.382 e. The van der Waals surface area contributed by atoms with E-state index in [0.29, 0.717) is 30.0 Å². The fourth-order valence-corrected chi connectivity index (χ4v) is 7.06. The first-order valence-corrected chi connectivity index (χ1v) is 15.8. The minimum absolute atomic E-state index is 0.166. The van der Waals surface area contributed by atoms with Gasteiger partial charge in [-0.2, -0.15) is 5.10 Å². The van der Waals surface area contributed by atoms with Crippen molar-refractivity contribution in [1.82, 2.24) is 24.7 Å². The van der Waals surface area contributed by atoms with Gasteiger partial charge in [0, 0.05) is 61.5 Å². The number of benzene rings is 1. The molecule has 0 bridgehead atoms. The van der Waals surface area contributed by atoms with Gasteiger partial charge in [0.15, 0.2) is 5.82 Å². The predicted octanol–water partition coefficient (Wildman–Crippen LogP) is 4.37. The molecule has 0 spiro atoms. The van der Waals surface area contributed by atoms with Crippen LogP contribution in [0.5, 0.6) is 0 Å². The number of hydrogen-bond donors (Lipinski definition) is 1. The second-order valence-electron chi connectivity index (χ2n) is 11.3. The van der Waals surface area contributed by atoms with Crippen LogP contribution < -0.4 is 10.2 Å². The highest BCUT2D eigenvalue weighted by Crippen LogP contribution is 2.37. The molecule has 0 amide bonds. The summed E-state index contributed by atoms with van der Waals surface area (Å²) in [6.07, 6.45) is 8.73. The van der Waals surface area contributed by atoms with Gasteiger partial charge in [-0.1, -0.05) is 19.9 Å². The van der Waals surface area contributed by atoms with Gasteiger partial charge in [0.2, 0.25) is 0 Å². The maximum absolute atomic E-state index is 11.7. The van der Waals surface area contributed by atoms with Gasteiger partial charge < -0.3 is 15.0 Å². The van der Waals surface area contributed by atoms with Gasteiger partial charge in [-0.05, 0) is 47.9 Å². The molecule has 1 fully saturated rings. The van der Waals surface area contributed by atoms with Crippen molar-refractivity contribution < 1.29 is 13.2 Å². The molecule has 0 saturated carbocycles. The Morgan fingerprint density at radius 2 is 1.93 bits per heavy atom. The number of rotatable bonds is 9. The van der Waals surface area contributed by atoms with E-state index in [1.807, 2.05) is 23.1 Å².